The summed E-state index contributed by atoms with van der Waals surface area (Å²) in [6.07, 6.45) is 10.1. The first-order valence-corrected chi connectivity index (χ1v) is 8.87. The Labute approximate surface area is 134 Å². The maximum absolute atomic E-state index is 9.01. The minimum atomic E-state index is -0.0883. The van der Waals surface area contributed by atoms with Crippen molar-refractivity contribution in [2.24, 2.45) is 5.92 Å². The molecule has 0 bridgehead atoms. The molecule has 2 saturated carbocycles. The standard InChI is InChI=1S/C20H28N2/c1-15-9-11-16(12-10-15)20(13-5-6-14-20)19(22)17-7-3-2-4-8-18(17)21/h9-12,17,21-22H,2-8,13-14H2,1H3. The molecule has 3 rings (SSSR count). The molecule has 0 spiro atoms. The van der Waals surface area contributed by atoms with Gasteiger partial charge in [-0.3, -0.25) is 0 Å². The van der Waals surface area contributed by atoms with Crippen molar-refractivity contribution in [3.8, 4) is 0 Å². The third kappa shape index (κ3) is 2.76. The zero-order chi connectivity index (χ0) is 15.6. The number of nitrogens with one attached hydrogen (secondary N) is 2. The highest BCUT2D eigenvalue weighted by Crippen LogP contribution is 2.45. The Morgan fingerprint density at radius 1 is 1.00 bits per heavy atom. The molecule has 0 amide bonds. The topological polar surface area (TPSA) is 47.7 Å². The summed E-state index contributed by atoms with van der Waals surface area (Å²) >= 11 is 0. The Hall–Kier alpha value is -1.44. The highest BCUT2D eigenvalue weighted by Gasteiger charge is 2.43. The Bertz CT molecular complexity index is 550. The van der Waals surface area contributed by atoms with E-state index in [0.29, 0.717) is 0 Å². The SMILES string of the molecule is Cc1ccc(C2(C(=N)C3CCCCCC3=N)CCCC2)cc1. The second-order valence-electron chi connectivity index (χ2n) is 7.25. The Balaban J connectivity index is 1.94. The van der Waals surface area contributed by atoms with Crippen LogP contribution >= 0.6 is 0 Å². The fourth-order valence-electron chi connectivity index (χ4n) is 4.41. The minimum Gasteiger partial charge on any atom is -0.309 e. The first kappa shape index (κ1) is 15.5. The maximum Gasteiger partial charge on any atom is 0.0352 e. The molecule has 1 atom stereocenters. The summed E-state index contributed by atoms with van der Waals surface area (Å²) in [5.74, 6) is 0.0990. The summed E-state index contributed by atoms with van der Waals surface area (Å²) in [5, 5.41) is 17.4. The van der Waals surface area contributed by atoms with E-state index in [1.165, 1.54) is 36.8 Å². The molecule has 2 N–H and O–H groups in total. The Morgan fingerprint density at radius 2 is 1.68 bits per heavy atom. The molecule has 0 aliphatic heterocycles. The third-order valence-electron chi connectivity index (χ3n) is 5.78. The van der Waals surface area contributed by atoms with E-state index in [1.54, 1.807) is 0 Å². The lowest BCUT2D eigenvalue weighted by molar-refractivity contribution is 0.555. The van der Waals surface area contributed by atoms with Crippen LogP contribution in [0.4, 0.5) is 0 Å². The lowest BCUT2D eigenvalue weighted by Gasteiger charge is -2.35. The number of aryl methyl sites for hydroxylation is 1. The van der Waals surface area contributed by atoms with Crippen LogP contribution in [0.15, 0.2) is 24.3 Å². The number of hydrogen-bond acceptors (Lipinski definition) is 2. The second kappa shape index (κ2) is 6.36. The zero-order valence-electron chi connectivity index (χ0n) is 13.8. The van der Waals surface area contributed by atoms with E-state index in [9.17, 15) is 0 Å². The van der Waals surface area contributed by atoms with Crippen LogP contribution in [0, 0.1) is 23.7 Å². The summed E-state index contributed by atoms with van der Waals surface area (Å²) in [6.45, 7) is 2.12. The predicted octanol–water partition coefficient (Wildman–Crippen LogP) is 5.43. The van der Waals surface area contributed by atoms with Crippen molar-refractivity contribution in [3.63, 3.8) is 0 Å². The zero-order valence-corrected chi connectivity index (χ0v) is 13.8. The van der Waals surface area contributed by atoms with Gasteiger partial charge in [0.25, 0.3) is 0 Å². The molecule has 118 valence electrons. The molecule has 2 heteroatoms. The maximum atomic E-state index is 9.01. The number of rotatable bonds is 3. The van der Waals surface area contributed by atoms with Gasteiger partial charge in [0, 0.05) is 22.8 Å². The average Bonchev–Trinajstić information content (AvgIpc) is 2.92. The van der Waals surface area contributed by atoms with Crippen LogP contribution < -0.4 is 0 Å². The van der Waals surface area contributed by atoms with Crippen molar-refractivity contribution < 1.29 is 0 Å². The number of benzene rings is 1. The van der Waals surface area contributed by atoms with Crippen molar-refractivity contribution >= 4 is 11.4 Å². The van der Waals surface area contributed by atoms with Crippen molar-refractivity contribution in [1.82, 2.24) is 0 Å². The number of hydrogen-bond donors (Lipinski definition) is 2. The van der Waals surface area contributed by atoms with E-state index >= 15 is 0 Å². The molecule has 2 aliphatic rings. The van der Waals surface area contributed by atoms with Crippen LogP contribution in [-0.4, -0.2) is 11.4 Å². The quantitative estimate of drug-likeness (QED) is 0.552. The largest absolute Gasteiger partial charge is 0.309 e. The molecule has 0 saturated heterocycles. The van der Waals surface area contributed by atoms with E-state index in [0.717, 1.165) is 43.5 Å². The van der Waals surface area contributed by atoms with Gasteiger partial charge < -0.3 is 10.8 Å². The predicted molar refractivity (Wildman–Crippen MR) is 93.4 cm³/mol. The molecule has 1 aromatic rings. The molecule has 2 nitrogen and oxygen atoms in total. The van der Waals surface area contributed by atoms with Gasteiger partial charge in [0.05, 0.1) is 0 Å². The normalized spacial score (nSPS) is 25.0. The van der Waals surface area contributed by atoms with E-state index < -0.39 is 0 Å². The highest BCUT2D eigenvalue weighted by molar-refractivity contribution is 6.09. The third-order valence-corrected chi connectivity index (χ3v) is 5.78. The van der Waals surface area contributed by atoms with Crippen LogP contribution in [0.5, 0.6) is 0 Å². The lowest BCUT2D eigenvalue weighted by Crippen LogP contribution is -2.40. The molecular weight excluding hydrogens is 268 g/mol. The van der Waals surface area contributed by atoms with Gasteiger partial charge in [0.1, 0.15) is 0 Å². The first-order chi connectivity index (χ1) is 10.6. The van der Waals surface area contributed by atoms with Gasteiger partial charge in [0.15, 0.2) is 0 Å². The van der Waals surface area contributed by atoms with Crippen molar-refractivity contribution in [2.75, 3.05) is 0 Å². The van der Waals surface area contributed by atoms with E-state index in [-0.39, 0.29) is 11.3 Å². The van der Waals surface area contributed by atoms with Gasteiger partial charge in [-0.05, 0) is 44.6 Å². The summed E-state index contributed by atoms with van der Waals surface area (Å²) in [5.41, 5.74) is 4.18. The van der Waals surface area contributed by atoms with E-state index in [2.05, 4.69) is 31.2 Å². The fourth-order valence-corrected chi connectivity index (χ4v) is 4.41. The van der Waals surface area contributed by atoms with Gasteiger partial charge in [0.2, 0.25) is 0 Å². The summed E-state index contributed by atoms with van der Waals surface area (Å²) in [7, 11) is 0. The van der Waals surface area contributed by atoms with Crippen molar-refractivity contribution in [1.29, 1.82) is 10.8 Å². The summed E-state index contributed by atoms with van der Waals surface area (Å²) < 4.78 is 0. The second-order valence-corrected chi connectivity index (χ2v) is 7.25. The molecular formula is C20H28N2. The van der Waals surface area contributed by atoms with Crippen molar-refractivity contribution in [3.05, 3.63) is 35.4 Å². The molecule has 1 aromatic carbocycles. The molecule has 22 heavy (non-hydrogen) atoms. The molecule has 0 radical (unpaired) electrons. The molecule has 2 fully saturated rings. The van der Waals surface area contributed by atoms with E-state index in [4.69, 9.17) is 10.8 Å². The fraction of sp³-hybridized carbons (Fsp3) is 0.600. The lowest BCUT2D eigenvalue weighted by atomic mass is 9.69. The van der Waals surface area contributed by atoms with Gasteiger partial charge in [-0.15, -0.1) is 0 Å². The molecule has 1 unspecified atom stereocenters. The van der Waals surface area contributed by atoms with Crippen LogP contribution in [0.2, 0.25) is 0 Å². The van der Waals surface area contributed by atoms with Crippen molar-refractivity contribution in [2.45, 2.75) is 70.1 Å². The molecule has 0 aromatic heterocycles. The first-order valence-electron chi connectivity index (χ1n) is 8.87. The van der Waals surface area contributed by atoms with Crippen LogP contribution in [-0.2, 0) is 5.41 Å². The molecule has 0 heterocycles. The van der Waals surface area contributed by atoms with Gasteiger partial charge >= 0.3 is 0 Å². The monoisotopic (exact) mass is 296 g/mol. The van der Waals surface area contributed by atoms with Crippen LogP contribution in [0.3, 0.4) is 0 Å². The smallest absolute Gasteiger partial charge is 0.0352 e. The van der Waals surface area contributed by atoms with E-state index in [1.807, 2.05) is 0 Å². The van der Waals surface area contributed by atoms with Crippen LogP contribution in [0.1, 0.15) is 68.9 Å². The average molecular weight is 296 g/mol. The van der Waals surface area contributed by atoms with Gasteiger partial charge in [-0.25, -0.2) is 0 Å². The Morgan fingerprint density at radius 3 is 2.36 bits per heavy atom. The van der Waals surface area contributed by atoms with Gasteiger partial charge in [-0.1, -0.05) is 55.5 Å². The van der Waals surface area contributed by atoms with Gasteiger partial charge in [-0.2, -0.15) is 0 Å². The highest BCUT2D eigenvalue weighted by atomic mass is 14.6. The minimum absolute atomic E-state index is 0.0883. The molecule has 2 aliphatic carbocycles. The van der Waals surface area contributed by atoms with Crippen LogP contribution in [0.25, 0.3) is 0 Å². The summed E-state index contributed by atoms with van der Waals surface area (Å²) in [6, 6.07) is 8.83. The summed E-state index contributed by atoms with van der Waals surface area (Å²) in [4.78, 5) is 0. The Kier molecular flexibility index (Phi) is 4.46.